The Balaban J connectivity index is 1.72. The van der Waals surface area contributed by atoms with Crippen LogP contribution in [0, 0.1) is 11.7 Å². The van der Waals surface area contributed by atoms with Crippen molar-refractivity contribution in [2.45, 2.75) is 58.6 Å². The molecule has 0 saturated carbocycles. The Morgan fingerprint density at radius 3 is 2.88 bits per heavy atom. The first-order chi connectivity index (χ1) is 15.9. The van der Waals surface area contributed by atoms with E-state index in [0.29, 0.717) is 24.8 Å². The number of carbonyl (C=O) groups excluding carboxylic acids is 1. The van der Waals surface area contributed by atoms with Gasteiger partial charge in [0.1, 0.15) is 18.2 Å². The van der Waals surface area contributed by atoms with E-state index in [9.17, 15) is 14.3 Å². The number of ether oxygens (including phenoxy) is 1. The fourth-order valence-corrected chi connectivity index (χ4v) is 5.22. The molecule has 5 nitrogen and oxygen atoms in total. The van der Waals surface area contributed by atoms with E-state index < -0.39 is 6.10 Å². The maximum absolute atomic E-state index is 13.6. The Kier molecular flexibility index (Phi) is 9.71. The van der Waals surface area contributed by atoms with Gasteiger partial charge in [-0.2, -0.15) is 0 Å². The molecule has 0 aliphatic carbocycles. The molecule has 1 aromatic heterocycles. The van der Waals surface area contributed by atoms with E-state index in [1.165, 1.54) is 17.0 Å². The molecule has 1 aliphatic rings. The molecule has 0 spiro atoms. The highest BCUT2D eigenvalue weighted by atomic mass is 32.1. The van der Waals surface area contributed by atoms with Crippen molar-refractivity contribution in [2.75, 3.05) is 32.8 Å². The first kappa shape index (κ1) is 25.7. The molecule has 2 atom stereocenters. The smallest absolute Gasteiger partial charge is 0.237 e. The SMILES string of the molecule is CCC[C@H](O)CN(CCC(C)C)CC(=O)N1CCc2sccc2[C@@H]1COc1cccc(F)c1. The van der Waals surface area contributed by atoms with Gasteiger partial charge in [0.05, 0.1) is 18.7 Å². The van der Waals surface area contributed by atoms with Gasteiger partial charge in [0.25, 0.3) is 0 Å². The van der Waals surface area contributed by atoms with Crippen molar-refractivity contribution in [3.63, 3.8) is 0 Å². The summed E-state index contributed by atoms with van der Waals surface area (Å²) in [4.78, 5) is 18.8. The lowest BCUT2D eigenvalue weighted by molar-refractivity contribution is -0.136. The fraction of sp³-hybridized carbons (Fsp3) is 0.577. The van der Waals surface area contributed by atoms with Crippen molar-refractivity contribution >= 4 is 17.2 Å². The van der Waals surface area contributed by atoms with E-state index in [4.69, 9.17) is 4.74 Å². The molecule has 1 aromatic carbocycles. The van der Waals surface area contributed by atoms with E-state index in [0.717, 1.165) is 37.8 Å². The maximum atomic E-state index is 13.6. The molecule has 0 bridgehead atoms. The number of aliphatic hydroxyl groups excluding tert-OH is 1. The molecule has 0 radical (unpaired) electrons. The number of halogens is 1. The lowest BCUT2D eigenvalue weighted by atomic mass is 10.00. The fourth-order valence-electron chi connectivity index (χ4n) is 4.29. The standard InChI is InChI=1S/C26H37FN2O3S/c1-4-6-21(30)16-28(12-9-19(2)3)17-26(31)29-13-10-25-23(11-14-33-25)24(29)18-32-22-8-5-7-20(27)15-22/h5,7-8,11,14-15,19,21,24,30H,4,6,9-10,12-13,16-18H2,1-3H3/t21-,24-/m0/s1. The number of thiophene rings is 1. The van der Waals surface area contributed by atoms with Gasteiger partial charge in [-0.3, -0.25) is 9.69 Å². The van der Waals surface area contributed by atoms with Gasteiger partial charge in [-0.1, -0.05) is 33.3 Å². The van der Waals surface area contributed by atoms with Crippen LogP contribution in [0.3, 0.4) is 0 Å². The first-order valence-electron chi connectivity index (χ1n) is 12.0. The molecule has 1 amide bonds. The number of benzene rings is 1. The number of carbonyl (C=O) groups is 1. The Morgan fingerprint density at radius 1 is 1.33 bits per heavy atom. The van der Waals surface area contributed by atoms with E-state index in [2.05, 4.69) is 37.1 Å². The average Bonchev–Trinajstić information content (AvgIpc) is 3.25. The topological polar surface area (TPSA) is 53.0 Å². The minimum atomic E-state index is -0.424. The van der Waals surface area contributed by atoms with Gasteiger partial charge in [0.15, 0.2) is 0 Å². The monoisotopic (exact) mass is 476 g/mol. The molecule has 1 N–H and O–H groups in total. The number of rotatable bonds is 12. The largest absolute Gasteiger partial charge is 0.491 e. The molecule has 1 aliphatic heterocycles. The van der Waals surface area contributed by atoms with Gasteiger partial charge in [0.2, 0.25) is 5.91 Å². The van der Waals surface area contributed by atoms with Crippen LogP contribution in [-0.4, -0.2) is 59.7 Å². The highest BCUT2D eigenvalue weighted by Crippen LogP contribution is 2.34. The van der Waals surface area contributed by atoms with Gasteiger partial charge in [-0.25, -0.2) is 4.39 Å². The summed E-state index contributed by atoms with van der Waals surface area (Å²) in [7, 11) is 0. The quantitative estimate of drug-likeness (QED) is 0.473. The molecule has 0 saturated heterocycles. The first-order valence-corrected chi connectivity index (χ1v) is 12.9. The van der Waals surface area contributed by atoms with E-state index in [1.807, 2.05) is 4.90 Å². The van der Waals surface area contributed by atoms with Crippen LogP contribution in [0.4, 0.5) is 4.39 Å². The maximum Gasteiger partial charge on any atom is 0.237 e. The van der Waals surface area contributed by atoms with Crippen molar-refractivity contribution in [1.29, 1.82) is 0 Å². The van der Waals surface area contributed by atoms with Crippen molar-refractivity contribution in [3.05, 3.63) is 52.0 Å². The van der Waals surface area contributed by atoms with Crippen LogP contribution >= 0.6 is 11.3 Å². The summed E-state index contributed by atoms with van der Waals surface area (Å²) in [5, 5.41) is 12.4. The van der Waals surface area contributed by atoms with Crippen LogP contribution in [0.2, 0.25) is 0 Å². The third-order valence-electron chi connectivity index (χ3n) is 6.09. The summed E-state index contributed by atoms with van der Waals surface area (Å²) >= 11 is 1.71. The molecule has 3 rings (SSSR count). The second-order valence-electron chi connectivity index (χ2n) is 9.28. The molecular weight excluding hydrogens is 439 g/mol. The van der Waals surface area contributed by atoms with Gasteiger partial charge in [0, 0.05) is 24.0 Å². The normalized spacial score (nSPS) is 16.8. The Morgan fingerprint density at radius 2 is 2.15 bits per heavy atom. The summed E-state index contributed by atoms with van der Waals surface area (Å²) in [5.74, 6) is 0.701. The van der Waals surface area contributed by atoms with Crippen molar-refractivity contribution in [3.8, 4) is 5.75 Å². The third kappa shape index (κ3) is 7.52. The van der Waals surface area contributed by atoms with E-state index in [1.54, 1.807) is 23.5 Å². The second-order valence-corrected chi connectivity index (χ2v) is 10.3. The van der Waals surface area contributed by atoms with Gasteiger partial charge in [-0.05, 0) is 60.9 Å². The molecule has 0 fully saturated rings. The third-order valence-corrected chi connectivity index (χ3v) is 7.09. The molecule has 33 heavy (non-hydrogen) atoms. The number of amides is 1. The summed E-state index contributed by atoms with van der Waals surface area (Å²) in [6, 6.07) is 7.98. The minimum Gasteiger partial charge on any atom is -0.491 e. The van der Waals surface area contributed by atoms with Crippen LogP contribution in [-0.2, 0) is 11.2 Å². The number of hydrogen-bond donors (Lipinski definition) is 1. The number of aliphatic hydroxyl groups is 1. The van der Waals surface area contributed by atoms with Gasteiger partial charge in [-0.15, -0.1) is 11.3 Å². The molecular formula is C26H37FN2O3S. The predicted octanol–water partition coefficient (Wildman–Crippen LogP) is 4.90. The lowest BCUT2D eigenvalue weighted by Crippen LogP contribution is -2.48. The molecule has 2 aromatic rings. The van der Waals surface area contributed by atoms with Crippen LogP contribution < -0.4 is 4.74 Å². The summed E-state index contributed by atoms with van der Waals surface area (Å²) < 4.78 is 19.5. The molecule has 2 heterocycles. The highest BCUT2D eigenvalue weighted by Gasteiger charge is 2.33. The summed E-state index contributed by atoms with van der Waals surface area (Å²) in [6.45, 7) is 8.89. The lowest BCUT2D eigenvalue weighted by Gasteiger charge is -2.37. The molecule has 7 heteroatoms. The van der Waals surface area contributed by atoms with Crippen molar-refractivity contribution < 1.29 is 19.0 Å². The highest BCUT2D eigenvalue weighted by molar-refractivity contribution is 7.10. The number of hydrogen-bond acceptors (Lipinski definition) is 5. The van der Waals surface area contributed by atoms with Crippen molar-refractivity contribution in [1.82, 2.24) is 9.80 Å². The zero-order valence-corrected chi connectivity index (χ0v) is 20.8. The van der Waals surface area contributed by atoms with Crippen LogP contribution in [0.1, 0.15) is 56.5 Å². The number of fused-ring (bicyclic) bond motifs is 1. The Bertz CT molecular complexity index is 888. The zero-order valence-electron chi connectivity index (χ0n) is 20.0. The zero-order chi connectivity index (χ0) is 23.8. The second kappa shape index (κ2) is 12.5. The minimum absolute atomic E-state index is 0.0483. The predicted molar refractivity (Wildman–Crippen MR) is 131 cm³/mol. The summed E-state index contributed by atoms with van der Waals surface area (Å²) in [6.07, 6.45) is 3.04. The van der Waals surface area contributed by atoms with Crippen LogP contribution in [0.25, 0.3) is 0 Å². The van der Waals surface area contributed by atoms with Gasteiger partial charge >= 0.3 is 0 Å². The van der Waals surface area contributed by atoms with Crippen LogP contribution in [0.15, 0.2) is 35.7 Å². The molecule has 182 valence electrons. The van der Waals surface area contributed by atoms with Crippen molar-refractivity contribution in [2.24, 2.45) is 5.92 Å². The summed E-state index contributed by atoms with van der Waals surface area (Å²) in [5.41, 5.74) is 1.12. The average molecular weight is 477 g/mol. The molecule has 0 unspecified atom stereocenters. The number of nitrogens with zero attached hydrogens (tertiary/aromatic N) is 2. The van der Waals surface area contributed by atoms with Gasteiger partial charge < -0.3 is 14.7 Å². The van der Waals surface area contributed by atoms with Crippen LogP contribution in [0.5, 0.6) is 5.75 Å². The van der Waals surface area contributed by atoms with E-state index >= 15 is 0 Å². The van der Waals surface area contributed by atoms with E-state index in [-0.39, 0.29) is 30.9 Å². The Hall–Kier alpha value is -1.96. The Labute approximate surface area is 201 Å².